The van der Waals surface area contributed by atoms with Crippen LogP contribution in [0.2, 0.25) is 0 Å². The molecular formula is C18H26N6OS. The molecule has 2 fully saturated rings. The molecule has 0 spiro atoms. The second kappa shape index (κ2) is 7.85. The smallest absolute Gasteiger partial charge is 0.227 e. The minimum atomic E-state index is 0.771. The van der Waals surface area contributed by atoms with E-state index in [0.717, 1.165) is 81.5 Å². The van der Waals surface area contributed by atoms with E-state index in [4.69, 9.17) is 14.7 Å². The zero-order valence-corrected chi connectivity index (χ0v) is 16.3. The van der Waals surface area contributed by atoms with Crippen LogP contribution in [0.1, 0.15) is 16.4 Å². The van der Waals surface area contributed by atoms with E-state index < -0.39 is 0 Å². The normalized spacial score (nSPS) is 19.2. The van der Waals surface area contributed by atoms with E-state index in [9.17, 15) is 0 Å². The molecule has 8 heteroatoms. The van der Waals surface area contributed by atoms with E-state index in [1.807, 2.05) is 0 Å². The number of morpholine rings is 1. The highest BCUT2D eigenvalue weighted by molar-refractivity contribution is 7.09. The minimum absolute atomic E-state index is 0.771. The van der Waals surface area contributed by atoms with Gasteiger partial charge in [-0.3, -0.25) is 4.90 Å². The van der Waals surface area contributed by atoms with E-state index in [1.54, 1.807) is 11.3 Å². The van der Waals surface area contributed by atoms with Gasteiger partial charge in [-0.1, -0.05) is 0 Å². The first-order chi connectivity index (χ1) is 12.7. The Kier molecular flexibility index (Phi) is 5.33. The van der Waals surface area contributed by atoms with Crippen LogP contribution in [0.5, 0.6) is 0 Å². The SMILES string of the molecule is Cc1cc(N2CCOCC2)nc(N2CCN(Cc3csc(C)n3)CC2)n1. The standard InChI is InChI=1S/C18H26N6OS/c1-14-11-17(23-7-9-25-10-8-23)21-18(19-14)24-5-3-22(4-6-24)12-16-13-26-15(2)20-16/h11,13H,3-10,12H2,1-2H3. The second-order valence-corrected chi connectivity index (χ2v) is 7.95. The van der Waals surface area contributed by atoms with Crippen molar-refractivity contribution in [1.29, 1.82) is 0 Å². The molecule has 0 atom stereocenters. The van der Waals surface area contributed by atoms with E-state index in [-0.39, 0.29) is 0 Å². The van der Waals surface area contributed by atoms with Gasteiger partial charge in [-0.2, -0.15) is 4.98 Å². The fourth-order valence-corrected chi connectivity index (χ4v) is 4.05. The number of thiazole rings is 1. The van der Waals surface area contributed by atoms with Crippen LogP contribution in [0.25, 0.3) is 0 Å². The summed E-state index contributed by atoms with van der Waals surface area (Å²) in [4.78, 5) is 21.2. The summed E-state index contributed by atoms with van der Waals surface area (Å²) in [6, 6.07) is 2.08. The van der Waals surface area contributed by atoms with Gasteiger partial charge in [0, 0.05) is 63.0 Å². The first-order valence-corrected chi connectivity index (χ1v) is 10.1. The van der Waals surface area contributed by atoms with E-state index in [0.29, 0.717) is 0 Å². The van der Waals surface area contributed by atoms with Crippen LogP contribution in [0.4, 0.5) is 11.8 Å². The molecule has 7 nitrogen and oxygen atoms in total. The summed E-state index contributed by atoms with van der Waals surface area (Å²) >= 11 is 1.73. The van der Waals surface area contributed by atoms with Gasteiger partial charge in [0.2, 0.25) is 5.95 Å². The van der Waals surface area contributed by atoms with Gasteiger partial charge < -0.3 is 14.5 Å². The van der Waals surface area contributed by atoms with Crippen molar-refractivity contribution in [3.63, 3.8) is 0 Å². The lowest BCUT2D eigenvalue weighted by atomic mass is 10.3. The Morgan fingerprint density at radius 2 is 1.73 bits per heavy atom. The number of aryl methyl sites for hydroxylation is 2. The summed E-state index contributed by atoms with van der Waals surface area (Å²) in [5, 5.41) is 3.31. The number of hydrogen-bond donors (Lipinski definition) is 0. The number of anilines is 2. The van der Waals surface area contributed by atoms with Crippen LogP contribution in [0, 0.1) is 13.8 Å². The highest BCUT2D eigenvalue weighted by Gasteiger charge is 2.21. The monoisotopic (exact) mass is 374 g/mol. The van der Waals surface area contributed by atoms with E-state index >= 15 is 0 Å². The summed E-state index contributed by atoms with van der Waals surface area (Å²) in [6.07, 6.45) is 0. The topological polar surface area (TPSA) is 57.6 Å². The Balaban J connectivity index is 1.39. The number of nitrogens with zero attached hydrogens (tertiary/aromatic N) is 6. The van der Waals surface area contributed by atoms with E-state index in [1.165, 1.54) is 5.69 Å². The number of ether oxygens (including phenoxy) is 1. The zero-order chi connectivity index (χ0) is 17.9. The summed E-state index contributed by atoms with van der Waals surface area (Å²) in [6.45, 7) is 12.3. The molecule has 0 saturated carbocycles. The molecule has 2 aromatic rings. The molecular weight excluding hydrogens is 348 g/mol. The molecule has 0 N–H and O–H groups in total. The summed E-state index contributed by atoms with van der Waals surface area (Å²) < 4.78 is 5.45. The molecule has 2 saturated heterocycles. The highest BCUT2D eigenvalue weighted by atomic mass is 32.1. The van der Waals surface area contributed by atoms with Crippen molar-refractivity contribution in [2.75, 3.05) is 62.3 Å². The molecule has 2 aliphatic rings. The van der Waals surface area contributed by atoms with Gasteiger partial charge in [0.15, 0.2) is 0 Å². The Hall–Kier alpha value is -1.77. The first-order valence-electron chi connectivity index (χ1n) is 9.24. The van der Waals surface area contributed by atoms with Crippen LogP contribution < -0.4 is 9.80 Å². The maximum absolute atomic E-state index is 5.45. The van der Waals surface area contributed by atoms with Crippen molar-refractivity contribution in [3.05, 3.63) is 27.8 Å². The third kappa shape index (κ3) is 4.13. The van der Waals surface area contributed by atoms with Crippen molar-refractivity contribution in [3.8, 4) is 0 Å². The van der Waals surface area contributed by atoms with Crippen molar-refractivity contribution >= 4 is 23.1 Å². The molecule has 0 aromatic carbocycles. The zero-order valence-electron chi connectivity index (χ0n) is 15.5. The predicted octanol–water partition coefficient (Wildman–Crippen LogP) is 1.71. The Morgan fingerprint density at radius 3 is 2.42 bits per heavy atom. The quantitative estimate of drug-likeness (QED) is 0.807. The minimum Gasteiger partial charge on any atom is -0.378 e. The molecule has 0 unspecified atom stereocenters. The molecule has 140 valence electrons. The Labute approximate surface area is 158 Å². The average molecular weight is 375 g/mol. The van der Waals surface area contributed by atoms with Crippen molar-refractivity contribution in [1.82, 2.24) is 19.9 Å². The Bertz CT molecular complexity index is 737. The van der Waals surface area contributed by atoms with Gasteiger partial charge in [0.05, 0.1) is 23.9 Å². The Morgan fingerprint density at radius 1 is 0.962 bits per heavy atom. The molecule has 0 radical (unpaired) electrons. The van der Waals surface area contributed by atoms with Gasteiger partial charge in [-0.15, -0.1) is 11.3 Å². The van der Waals surface area contributed by atoms with E-state index in [2.05, 4.69) is 45.0 Å². The second-order valence-electron chi connectivity index (χ2n) is 6.89. The van der Waals surface area contributed by atoms with Crippen LogP contribution in [-0.2, 0) is 11.3 Å². The lowest BCUT2D eigenvalue weighted by Crippen LogP contribution is -2.46. The molecule has 0 aliphatic carbocycles. The maximum atomic E-state index is 5.45. The lowest BCUT2D eigenvalue weighted by Gasteiger charge is -2.35. The fraction of sp³-hybridized carbons (Fsp3) is 0.611. The number of rotatable bonds is 4. The van der Waals surface area contributed by atoms with Gasteiger partial charge in [-0.25, -0.2) is 9.97 Å². The van der Waals surface area contributed by atoms with Gasteiger partial charge in [0.1, 0.15) is 5.82 Å². The molecule has 0 amide bonds. The highest BCUT2D eigenvalue weighted by Crippen LogP contribution is 2.20. The molecule has 4 rings (SSSR count). The average Bonchev–Trinajstić information content (AvgIpc) is 3.07. The molecule has 26 heavy (non-hydrogen) atoms. The summed E-state index contributed by atoms with van der Waals surface area (Å²) in [7, 11) is 0. The number of aromatic nitrogens is 3. The summed E-state index contributed by atoms with van der Waals surface area (Å²) in [5.74, 6) is 1.88. The molecule has 4 heterocycles. The van der Waals surface area contributed by atoms with Crippen molar-refractivity contribution in [2.45, 2.75) is 20.4 Å². The predicted molar refractivity (Wildman–Crippen MR) is 104 cm³/mol. The third-order valence-electron chi connectivity index (χ3n) is 4.87. The molecule has 2 aliphatic heterocycles. The number of piperazine rings is 1. The molecule has 2 aromatic heterocycles. The van der Waals surface area contributed by atoms with Crippen LogP contribution in [0.15, 0.2) is 11.4 Å². The molecule has 0 bridgehead atoms. The maximum Gasteiger partial charge on any atom is 0.227 e. The van der Waals surface area contributed by atoms with Gasteiger partial charge >= 0.3 is 0 Å². The fourth-order valence-electron chi connectivity index (χ4n) is 3.45. The van der Waals surface area contributed by atoms with Crippen LogP contribution >= 0.6 is 11.3 Å². The first kappa shape index (κ1) is 17.6. The van der Waals surface area contributed by atoms with Crippen LogP contribution in [-0.4, -0.2) is 72.3 Å². The van der Waals surface area contributed by atoms with Crippen LogP contribution in [0.3, 0.4) is 0 Å². The largest absolute Gasteiger partial charge is 0.378 e. The van der Waals surface area contributed by atoms with Gasteiger partial charge in [0.25, 0.3) is 0 Å². The van der Waals surface area contributed by atoms with Gasteiger partial charge in [-0.05, 0) is 13.8 Å². The number of hydrogen-bond acceptors (Lipinski definition) is 8. The third-order valence-corrected chi connectivity index (χ3v) is 5.69. The summed E-state index contributed by atoms with van der Waals surface area (Å²) in [5.41, 5.74) is 2.21. The van der Waals surface area contributed by atoms with Crippen molar-refractivity contribution in [2.24, 2.45) is 0 Å². The lowest BCUT2D eigenvalue weighted by molar-refractivity contribution is 0.122. The van der Waals surface area contributed by atoms with Crippen molar-refractivity contribution < 1.29 is 4.74 Å².